The zero-order valence-corrected chi connectivity index (χ0v) is 10.6. The van der Waals surface area contributed by atoms with Crippen LogP contribution in [0.5, 0.6) is 0 Å². The van der Waals surface area contributed by atoms with Crippen molar-refractivity contribution in [2.24, 2.45) is 0 Å². The second-order valence-electron chi connectivity index (χ2n) is 4.43. The fraction of sp³-hybridized carbons (Fsp3) is 0.429. The van der Waals surface area contributed by atoms with Crippen LogP contribution in [-0.2, 0) is 19.4 Å². The van der Waals surface area contributed by atoms with Gasteiger partial charge in [0.25, 0.3) is 0 Å². The van der Waals surface area contributed by atoms with E-state index < -0.39 is 0 Å². The van der Waals surface area contributed by atoms with E-state index in [1.807, 2.05) is 6.33 Å². The summed E-state index contributed by atoms with van der Waals surface area (Å²) in [7, 11) is 0. The molecule has 0 aliphatic carbocycles. The molecule has 0 unspecified atom stereocenters. The van der Waals surface area contributed by atoms with Gasteiger partial charge in [0.15, 0.2) is 0 Å². The number of aromatic nitrogens is 3. The fourth-order valence-electron chi connectivity index (χ4n) is 1.91. The lowest BCUT2D eigenvalue weighted by atomic mass is 10.1. The van der Waals surface area contributed by atoms with Crippen LogP contribution in [0.15, 0.2) is 30.6 Å². The molecule has 0 bridgehead atoms. The molecule has 0 saturated carbocycles. The Morgan fingerprint density at radius 3 is 2.59 bits per heavy atom. The van der Waals surface area contributed by atoms with Gasteiger partial charge in [-0.1, -0.05) is 36.8 Å². The third-order valence-electron chi connectivity index (χ3n) is 2.92. The first kappa shape index (κ1) is 11.8. The van der Waals surface area contributed by atoms with Gasteiger partial charge in [-0.3, -0.25) is 0 Å². The third-order valence-corrected chi connectivity index (χ3v) is 2.92. The van der Waals surface area contributed by atoms with Gasteiger partial charge in [-0.2, -0.15) is 0 Å². The monoisotopic (exact) mass is 229 g/mol. The molecule has 0 N–H and O–H groups in total. The van der Waals surface area contributed by atoms with E-state index in [1.165, 1.54) is 11.1 Å². The number of rotatable bonds is 5. The van der Waals surface area contributed by atoms with Crippen LogP contribution in [0.2, 0.25) is 0 Å². The molecule has 1 aromatic carbocycles. The molecule has 1 heterocycles. The summed E-state index contributed by atoms with van der Waals surface area (Å²) in [6.07, 6.45) is 4.94. The minimum atomic E-state index is 0.961. The Morgan fingerprint density at radius 2 is 1.88 bits per heavy atom. The molecule has 0 aliphatic rings. The van der Waals surface area contributed by atoms with Crippen molar-refractivity contribution in [1.29, 1.82) is 0 Å². The molecule has 17 heavy (non-hydrogen) atoms. The summed E-state index contributed by atoms with van der Waals surface area (Å²) in [6, 6.07) is 8.70. The van der Waals surface area contributed by atoms with E-state index in [4.69, 9.17) is 0 Å². The van der Waals surface area contributed by atoms with Gasteiger partial charge in [0.2, 0.25) is 0 Å². The Kier molecular flexibility index (Phi) is 3.91. The van der Waals surface area contributed by atoms with Gasteiger partial charge in [0, 0.05) is 13.0 Å². The highest BCUT2D eigenvalue weighted by Gasteiger charge is 2.03. The molecule has 90 valence electrons. The summed E-state index contributed by atoms with van der Waals surface area (Å²) in [5, 5.41) is 8.16. The highest BCUT2D eigenvalue weighted by molar-refractivity contribution is 5.21. The Morgan fingerprint density at radius 1 is 1.12 bits per heavy atom. The number of hydrogen-bond donors (Lipinski definition) is 0. The van der Waals surface area contributed by atoms with Gasteiger partial charge in [0.1, 0.15) is 12.2 Å². The second kappa shape index (κ2) is 5.62. The third kappa shape index (κ3) is 3.16. The van der Waals surface area contributed by atoms with Crippen molar-refractivity contribution in [1.82, 2.24) is 14.8 Å². The lowest BCUT2D eigenvalue weighted by molar-refractivity contribution is 0.633. The molecule has 3 nitrogen and oxygen atoms in total. The maximum Gasteiger partial charge on any atom is 0.133 e. The predicted octanol–water partition coefficient (Wildman–Crippen LogP) is 2.78. The molecule has 0 aliphatic heterocycles. The van der Waals surface area contributed by atoms with Crippen LogP contribution in [-0.4, -0.2) is 14.8 Å². The van der Waals surface area contributed by atoms with Gasteiger partial charge in [-0.15, -0.1) is 10.2 Å². The van der Waals surface area contributed by atoms with Crippen molar-refractivity contribution >= 4 is 0 Å². The number of hydrogen-bond acceptors (Lipinski definition) is 2. The highest BCUT2D eigenvalue weighted by atomic mass is 15.3. The summed E-state index contributed by atoms with van der Waals surface area (Å²) in [4.78, 5) is 0. The van der Waals surface area contributed by atoms with Crippen molar-refractivity contribution in [2.75, 3.05) is 0 Å². The zero-order chi connectivity index (χ0) is 12.1. The lowest BCUT2D eigenvalue weighted by Crippen LogP contribution is -2.04. The van der Waals surface area contributed by atoms with Crippen molar-refractivity contribution in [2.45, 2.75) is 39.7 Å². The molecule has 3 heteroatoms. The molecular formula is C14H19N3. The Hall–Kier alpha value is -1.64. The quantitative estimate of drug-likeness (QED) is 0.789. The summed E-state index contributed by atoms with van der Waals surface area (Å²) >= 11 is 0. The van der Waals surface area contributed by atoms with Crippen molar-refractivity contribution in [3.63, 3.8) is 0 Å². The van der Waals surface area contributed by atoms with E-state index in [-0.39, 0.29) is 0 Å². The summed E-state index contributed by atoms with van der Waals surface area (Å²) < 4.78 is 2.15. The molecule has 0 atom stereocenters. The van der Waals surface area contributed by atoms with E-state index in [9.17, 15) is 0 Å². The molecule has 0 fully saturated rings. The zero-order valence-electron chi connectivity index (χ0n) is 10.6. The Labute approximate surface area is 103 Å². The predicted molar refractivity (Wildman–Crippen MR) is 68.9 cm³/mol. The van der Waals surface area contributed by atoms with Crippen LogP contribution in [0, 0.1) is 6.92 Å². The topological polar surface area (TPSA) is 30.7 Å². The smallest absolute Gasteiger partial charge is 0.133 e. The average molecular weight is 229 g/mol. The summed E-state index contributed by atoms with van der Waals surface area (Å²) in [5.74, 6) is 1.09. The Balaban J connectivity index is 1.97. The van der Waals surface area contributed by atoms with Crippen molar-refractivity contribution < 1.29 is 0 Å². The van der Waals surface area contributed by atoms with E-state index in [0.717, 1.165) is 31.6 Å². The summed E-state index contributed by atoms with van der Waals surface area (Å²) in [5.41, 5.74) is 2.67. The van der Waals surface area contributed by atoms with Crippen LogP contribution in [0.1, 0.15) is 30.3 Å². The standard InChI is InChI=1S/C14H19N3/c1-3-10-17-11-15-16-14(17)9-8-13-6-4-12(2)5-7-13/h4-7,11H,3,8-10H2,1-2H3. The minimum absolute atomic E-state index is 0.961. The van der Waals surface area contributed by atoms with E-state index in [2.05, 4.69) is 52.9 Å². The average Bonchev–Trinajstić information content (AvgIpc) is 2.77. The molecule has 2 rings (SSSR count). The van der Waals surface area contributed by atoms with Gasteiger partial charge in [0.05, 0.1) is 0 Å². The van der Waals surface area contributed by atoms with Crippen molar-refractivity contribution in [3.8, 4) is 0 Å². The van der Waals surface area contributed by atoms with E-state index in [0.29, 0.717) is 0 Å². The molecule has 0 saturated heterocycles. The van der Waals surface area contributed by atoms with Crippen LogP contribution in [0.4, 0.5) is 0 Å². The second-order valence-corrected chi connectivity index (χ2v) is 4.43. The number of benzene rings is 1. The largest absolute Gasteiger partial charge is 0.318 e. The minimum Gasteiger partial charge on any atom is -0.318 e. The Bertz CT molecular complexity index is 457. The first-order valence-electron chi connectivity index (χ1n) is 6.22. The normalized spacial score (nSPS) is 10.7. The number of nitrogens with zero attached hydrogens (tertiary/aromatic N) is 3. The van der Waals surface area contributed by atoms with Gasteiger partial charge >= 0.3 is 0 Å². The maximum atomic E-state index is 4.18. The molecular weight excluding hydrogens is 210 g/mol. The van der Waals surface area contributed by atoms with Gasteiger partial charge in [-0.25, -0.2) is 0 Å². The van der Waals surface area contributed by atoms with E-state index in [1.54, 1.807) is 0 Å². The first-order valence-corrected chi connectivity index (χ1v) is 6.22. The molecule has 0 spiro atoms. The number of aryl methyl sites for hydroxylation is 4. The lowest BCUT2D eigenvalue weighted by Gasteiger charge is -2.05. The molecule has 0 radical (unpaired) electrons. The maximum absolute atomic E-state index is 4.18. The van der Waals surface area contributed by atoms with E-state index >= 15 is 0 Å². The highest BCUT2D eigenvalue weighted by Crippen LogP contribution is 2.07. The van der Waals surface area contributed by atoms with Crippen LogP contribution >= 0.6 is 0 Å². The SMILES string of the molecule is CCCn1cnnc1CCc1ccc(C)cc1. The van der Waals surface area contributed by atoms with Crippen LogP contribution in [0.3, 0.4) is 0 Å². The first-order chi connectivity index (χ1) is 8.29. The molecule has 0 amide bonds. The summed E-state index contributed by atoms with van der Waals surface area (Å²) in [6.45, 7) is 5.29. The van der Waals surface area contributed by atoms with Crippen molar-refractivity contribution in [3.05, 3.63) is 47.5 Å². The van der Waals surface area contributed by atoms with Gasteiger partial charge in [-0.05, 0) is 25.3 Å². The van der Waals surface area contributed by atoms with Crippen LogP contribution in [0.25, 0.3) is 0 Å². The molecule has 1 aromatic heterocycles. The van der Waals surface area contributed by atoms with Gasteiger partial charge < -0.3 is 4.57 Å². The fourth-order valence-corrected chi connectivity index (χ4v) is 1.91. The van der Waals surface area contributed by atoms with Crippen LogP contribution < -0.4 is 0 Å². The molecule has 2 aromatic rings.